The van der Waals surface area contributed by atoms with Crippen molar-refractivity contribution < 1.29 is 52.3 Å². The maximum atomic E-state index is 13.2. The number of carbonyl (C=O) groups excluding carboxylic acids is 6. The van der Waals surface area contributed by atoms with Crippen LogP contribution in [0.5, 0.6) is 0 Å². The van der Waals surface area contributed by atoms with Crippen molar-refractivity contribution in [2.24, 2.45) is 0 Å². The summed E-state index contributed by atoms with van der Waals surface area (Å²) in [5.41, 5.74) is 2.59. The number of rotatable bonds is 25. The molecule has 2 aromatic rings. The zero-order valence-electron chi connectivity index (χ0n) is 40.0. The van der Waals surface area contributed by atoms with Crippen molar-refractivity contribution in [2.45, 2.75) is 150 Å². The molecule has 0 aliphatic heterocycles. The minimum Gasteiger partial charge on any atom is -0.480 e. The summed E-state index contributed by atoms with van der Waals surface area (Å²) < 4.78 is 15.8. The lowest BCUT2D eigenvalue weighted by molar-refractivity contribution is -0.142. The van der Waals surface area contributed by atoms with E-state index in [1.54, 1.807) is 39.8 Å². The number of nitrogens with one attached hydrogen (secondary N) is 6. The van der Waals surface area contributed by atoms with Crippen molar-refractivity contribution in [1.29, 1.82) is 0 Å². The number of carboxylic acids is 1. The molecule has 0 aromatic heterocycles. The first-order valence-electron chi connectivity index (χ1n) is 22.4. The molecule has 0 fully saturated rings. The highest BCUT2D eigenvalue weighted by Crippen LogP contribution is 2.21. The molecule has 0 radical (unpaired) electrons. The van der Waals surface area contributed by atoms with Crippen LogP contribution in [0.1, 0.15) is 130 Å². The van der Waals surface area contributed by atoms with Gasteiger partial charge in [-0.25, -0.2) is 14.4 Å². The van der Waals surface area contributed by atoms with Crippen molar-refractivity contribution in [2.75, 3.05) is 31.9 Å². The average Bonchev–Trinajstić information content (AvgIpc) is 3.23. The smallest absolute Gasteiger partial charge is 0.407 e. The van der Waals surface area contributed by atoms with Gasteiger partial charge in [-0.05, 0) is 135 Å². The third-order valence-corrected chi connectivity index (χ3v) is 9.79. The highest BCUT2D eigenvalue weighted by Gasteiger charge is 2.29. The number of hydrogen-bond donors (Lipinski definition) is 7. The van der Waals surface area contributed by atoms with Crippen LogP contribution in [0.25, 0.3) is 11.1 Å². The molecule has 2 rings (SSSR count). The van der Waals surface area contributed by atoms with Crippen LogP contribution in [0.4, 0.5) is 9.59 Å². The van der Waals surface area contributed by atoms with Crippen LogP contribution in [0, 0.1) is 0 Å². The van der Waals surface area contributed by atoms with Gasteiger partial charge in [0.2, 0.25) is 17.7 Å². The number of amides is 6. The van der Waals surface area contributed by atoms with Gasteiger partial charge < -0.3 is 50.7 Å². The van der Waals surface area contributed by atoms with Gasteiger partial charge in [0.1, 0.15) is 23.3 Å². The maximum Gasteiger partial charge on any atom is 0.407 e. The van der Waals surface area contributed by atoms with Crippen molar-refractivity contribution in [3.63, 3.8) is 0 Å². The Labute approximate surface area is 389 Å². The standard InChI is InChI=1S/C40H59N5O9S.C7H15NO2/c1-7-9-13-28-15-17-29(18-16-28)30-19-21-31(22-20-30)36(48)42-26-34(47)45-35(27(3)54-55-24-10-8-2)37(49)43-25-33(46)44-32(38(50)51)14-11-12-23-41-39(52)53-40(4,5)6;1-5-8-6(9)10-7(2,3)4/h15-22,27,32,35H,7-14,23-26H2,1-6H3,(H,41,52)(H,42,48)(H,43,49)(H,44,46)(H,45,47)(H,50,51);5H2,1-4H3,(H,8,9). The van der Waals surface area contributed by atoms with E-state index in [0.717, 1.165) is 55.3 Å². The lowest BCUT2D eigenvalue weighted by atomic mass is 10.0. The third kappa shape index (κ3) is 26.9. The normalized spacial score (nSPS) is 12.5. The Bertz CT molecular complexity index is 1780. The summed E-state index contributed by atoms with van der Waals surface area (Å²) in [5.74, 6) is -3.18. The van der Waals surface area contributed by atoms with Crippen LogP contribution in [0.15, 0.2) is 48.5 Å². The van der Waals surface area contributed by atoms with E-state index >= 15 is 0 Å². The molecule has 6 amide bonds. The molecular formula is C47H74N6O11S. The van der Waals surface area contributed by atoms with Gasteiger partial charge in [0.05, 0.1) is 19.2 Å². The van der Waals surface area contributed by atoms with Crippen molar-refractivity contribution in [3.8, 4) is 11.1 Å². The van der Waals surface area contributed by atoms with Crippen LogP contribution in [-0.4, -0.2) is 108 Å². The maximum absolute atomic E-state index is 13.2. The highest BCUT2D eigenvalue weighted by molar-refractivity contribution is 7.94. The van der Waals surface area contributed by atoms with Crippen LogP contribution >= 0.6 is 12.0 Å². The van der Waals surface area contributed by atoms with E-state index in [0.29, 0.717) is 30.7 Å². The molecule has 0 spiro atoms. The van der Waals surface area contributed by atoms with Crippen LogP contribution in [0.3, 0.4) is 0 Å². The molecule has 364 valence electrons. The van der Waals surface area contributed by atoms with Crippen LogP contribution < -0.4 is 31.9 Å². The number of unbranched alkanes of at least 4 members (excludes halogenated alkanes) is 3. The van der Waals surface area contributed by atoms with Crippen molar-refractivity contribution >= 4 is 53.8 Å². The Balaban J connectivity index is 0.00000187. The molecule has 0 heterocycles. The lowest BCUT2D eigenvalue weighted by Gasteiger charge is -2.24. The Kier molecular flexibility index (Phi) is 27.2. The van der Waals surface area contributed by atoms with Crippen molar-refractivity contribution in [3.05, 3.63) is 59.7 Å². The zero-order valence-corrected chi connectivity index (χ0v) is 40.8. The molecule has 3 atom stereocenters. The molecule has 0 aliphatic rings. The topological polar surface area (TPSA) is 240 Å². The zero-order chi connectivity index (χ0) is 49.0. The van der Waals surface area contributed by atoms with Gasteiger partial charge in [0, 0.05) is 24.4 Å². The number of ether oxygens (including phenoxy) is 2. The molecule has 65 heavy (non-hydrogen) atoms. The van der Waals surface area contributed by atoms with E-state index in [-0.39, 0.29) is 24.7 Å². The Morgan fingerprint density at radius 3 is 1.74 bits per heavy atom. The average molecular weight is 931 g/mol. The number of benzene rings is 2. The lowest BCUT2D eigenvalue weighted by Crippen LogP contribution is -2.56. The predicted octanol–water partition coefficient (Wildman–Crippen LogP) is 6.68. The van der Waals surface area contributed by atoms with Gasteiger partial charge in [-0.3, -0.25) is 19.2 Å². The molecule has 0 aliphatic carbocycles. The molecule has 0 saturated carbocycles. The molecule has 0 saturated heterocycles. The summed E-state index contributed by atoms with van der Waals surface area (Å²) in [6.45, 7) is 18.3. The third-order valence-electron chi connectivity index (χ3n) is 8.90. The summed E-state index contributed by atoms with van der Waals surface area (Å²) >= 11 is 1.15. The number of carboxylic acid groups (broad SMARTS) is 1. The van der Waals surface area contributed by atoms with Gasteiger partial charge in [0.15, 0.2) is 0 Å². The first kappa shape index (κ1) is 57.7. The second-order valence-corrected chi connectivity index (χ2v) is 18.1. The van der Waals surface area contributed by atoms with E-state index < -0.39 is 72.6 Å². The fourth-order valence-electron chi connectivity index (χ4n) is 5.57. The summed E-state index contributed by atoms with van der Waals surface area (Å²) in [7, 11) is 0. The minimum atomic E-state index is -1.25. The molecule has 3 unspecified atom stereocenters. The number of hydrogen-bond acceptors (Lipinski definition) is 11. The Morgan fingerprint density at radius 2 is 1.20 bits per heavy atom. The fraction of sp³-hybridized carbons (Fsp3) is 0.596. The van der Waals surface area contributed by atoms with Crippen LogP contribution in [0.2, 0.25) is 0 Å². The van der Waals surface area contributed by atoms with E-state index in [4.69, 9.17) is 13.7 Å². The monoisotopic (exact) mass is 931 g/mol. The van der Waals surface area contributed by atoms with Gasteiger partial charge in [-0.15, -0.1) is 0 Å². The van der Waals surface area contributed by atoms with Gasteiger partial charge >= 0.3 is 18.2 Å². The Hall–Kier alpha value is -5.36. The second-order valence-electron chi connectivity index (χ2n) is 17.2. The predicted molar refractivity (Wildman–Crippen MR) is 253 cm³/mol. The van der Waals surface area contributed by atoms with Crippen LogP contribution in [-0.2, 0) is 39.3 Å². The molecule has 0 bridgehead atoms. The van der Waals surface area contributed by atoms with Gasteiger partial charge in [0.25, 0.3) is 5.91 Å². The SMILES string of the molecule is CCCCSOC(C)C(NC(=O)CNC(=O)c1ccc(-c2ccc(CCCC)cc2)cc1)C(=O)NCC(=O)NC(CCCCNC(=O)OC(C)(C)C)C(=O)O.CCNC(=O)OC(C)(C)C. The first-order chi connectivity index (χ1) is 30.6. The van der Waals surface area contributed by atoms with E-state index in [1.807, 2.05) is 46.8 Å². The van der Waals surface area contributed by atoms with E-state index in [1.165, 1.54) is 5.56 Å². The number of aryl methyl sites for hydroxylation is 1. The Morgan fingerprint density at radius 1 is 0.662 bits per heavy atom. The highest BCUT2D eigenvalue weighted by atomic mass is 32.2. The summed E-state index contributed by atoms with van der Waals surface area (Å²) in [6, 6.07) is 12.9. The van der Waals surface area contributed by atoms with Gasteiger partial charge in [-0.1, -0.05) is 63.1 Å². The minimum absolute atomic E-state index is 0.0897. The second kappa shape index (κ2) is 30.7. The molecule has 2 aromatic carbocycles. The summed E-state index contributed by atoms with van der Waals surface area (Å²) in [4.78, 5) is 86.1. The molecule has 17 nitrogen and oxygen atoms in total. The molecule has 18 heteroatoms. The molecule has 7 N–H and O–H groups in total. The number of carbonyl (C=O) groups is 7. The number of alkyl carbamates (subject to hydrolysis) is 2. The summed E-state index contributed by atoms with van der Waals surface area (Å²) in [5, 5.41) is 24.8. The quantitative estimate of drug-likeness (QED) is 0.0408. The largest absolute Gasteiger partial charge is 0.480 e. The van der Waals surface area contributed by atoms with Gasteiger partial charge in [-0.2, -0.15) is 0 Å². The first-order valence-corrected chi connectivity index (χ1v) is 23.3. The molecular weight excluding hydrogens is 857 g/mol. The number of aliphatic carboxylic acids is 1. The van der Waals surface area contributed by atoms with E-state index in [9.17, 15) is 38.7 Å². The fourth-order valence-corrected chi connectivity index (χ4v) is 6.40. The van der Waals surface area contributed by atoms with Crippen molar-refractivity contribution in [1.82, 2.24) is 31.9 Å². The van der Waals surface area contributed by atoms with E-state index in [2.05, 4.69) is 63.1 Å². The summed E-state index contributed by atoms with van der Waals surface area (Å²) in [6.07, 6.45) is 4.30.